The van der Waals surface area contributed by atoms with Gasteiger partial charge in [-0.2, -0.15) is 13.2 Å². The molecule has 0 spiro atoms. The van der Waals surface area contributed by atoms with Crippen molar-refractivity contribution in [1.82, 2.24) is 4.90 Å². The van der Waals surface area contributed by atoms with Crippen molar-refractivity contribution in [2.45, 2.75) is 32.5 Å². The standard InChI is InChI=1S/C20H17ClF3N3O3/c1-19(2,3)27-16(28)12-6-5-11(9-13(12)17(27)29)25-18(30)26-15-7-4-10(21)8-14(15)20(22,23)24/h4-9H,1-3H3,(H2,25,26,30). The van der Waals surface area contributed by atoms with Gasteiger partial charge < -0.3 is 10.6 Å². The Morgan fingerprint density at radius 3 is 2.17 bits per heavy atom. The molecule has 0 saturated heterocycles. The van der Waals surface area contributed by atoms with Gasteiger partial charge in [0, 0.05) is 16.2 Å². The first-order chi connectivity index (χ1) is 13.8. The van der Waals surface area contributed by atoms with Crippen LogP contribution in [0, 0.1) is 0 Å². The van der Waals surface area contributed by atoms with Crippen molar-refractivity contribution in [3.63, 3.8) is 0 Å². The summed E-state index contributed by atoms with van der Waals surface area (Å²) in [6, 6.07) is 6.10. The van der Waals surface area contributed by atoms with Gasteiger partial charge in [-0.1, -0.05) is 11.6 Å². The Kier molecular flexibility index (Phi) is 5.28. The van der Waals surface area contributed by atoms with Crippen molar-refractivity contribution < 1.29 is 27.6 Å². The third kappa shape index (κ3) is 4.11. The van der Waals surface area contributed by atoms with E-state index in [1.165, 1.54) is 24.3 Å². The number of benzene rings is 2. The van der Waals surface area contributed by atoms with Gasteiger partial charge in [0.15, 0.2) is 0 Å². The molecule has 0 bridgehead atoms. The molecule has 0 fully saturated rings. The van der Waals surface area contributed by atoms with E-state index in [1.54, 1.807) is 20.8 Å². The van der Waals surface area contributed by atoms with E-state index >= 15 is 0 Å². The first kappa shape index (κ1) is 21.6. The van der Waals surface area contributed by atoms with Crippen LogP contribution in [0.4, 0.5) is 29.3 Å². The highest BCUT2D eigenvalue weighted by atomic mass is 35.5. The van der Waals surface area contributed by atoms with Crippen molar-refractivity contribution in [2.75, 3.05) is 10.6 Å². The molecule has 158 valence electrons. The lowest BCUT2D eigenvalue weighted by atomic mass is 10.1. The van der Waals surface area contributed by atoms with Crippen LogP contribution in [0.5, 0.6) is 0 Å². The molecule has 2 aromatic carbocycles. The number of anilines is 2. The summed E-state index contributed by atoms with van der Waals surface area (Å²) >= 11 is 5.62. The maximum Gasteiger partial charge on any atom is 0.418 e. The van der Waals surface area contributed by atoms with Crippen LogP contribution in [0.25, 0.3) is 0 Å². The lowest BCUT2D eigenvalue weighted by Gasteiger charge is -2.29. The zero-order chi connectivity index (χ0) is 22.4. The van der Waals surface area contributed by atoms with Gasteiger partial charge in [0.1, 0.15) is 0 Å². The second kappa shape index (κ2) is 7.32. The smallest absolute Gasteiger partial charge is 0.308 e. The Hall–Kier alpha value is -3.07. The molecule has 0 unspecified atom stereocenters. The van der Waals surface area contributed by atoms with E-state index in [4.69, 9.17) is 11.6 Å². The fourth-order valence-corrected chi connectivity index (χ4v) is 3.24. The third-order valence-electron chi connectivity index (χ3n) is 4.35. The summed E-state index contributed by atoms with van der Waals surface area (Å²) in [4.78, 5) is 38.4. The lowest BCUT2D eigenvalue weighted by Crippen LogP contribution is -2.45. The molecular weight excluding hydrogens is 423 g/mol. The normalized spacial score (nSPS) is 14.0. The third-order valence-corrected chi connectivity index (χ3v) is 4.59. The van der Waals surface area contributed by atoms with Crippen molar-refractivity contribution in [3.05, 3.63) is 58.1 Å². The predicted molar refractivity (Wildman–Crippen MR) is 106 cm³/mol. The second-order valence-corrected chi connectivity index (χ2v) is 8.08. The first-order valence-corrected chi connectivity index (χ1v) is 9.14. The SMILES string of the molecule is CC(C)(C)N1C(=O)c2ccc(NC(=O)Nc3ccc(Cl)cc3C(F)(F)F)cc2C1=O. The molecular formula is C20H17ClF3N3O3. The fraction of sp³-hybridized carbons (Fsp3) is 0.250. The minimum atomic E-state index is -4.72. The number of hydrogen-bond donors (Lipinski definition) is 2. The number of fused-ring (bicyclic) bond motifs is 1. The molecule has 0 radical (unpaired) electrons. The van der Waals surface area contributed by atoms with Crippen molar-refractivity contribution in [1.29, 1.82) is 0 Å². The van der Waals surface area contributed by atoms with Crippen molar-refractivity contribution in [2.24, 2.45) is 0 Å². The minimum absolute atomic E-state index is 0.107. The summed E-state index contributed by atoms with van der Waals surface area (Å²) < 4.78 is 39.5. The minimum Gasteiger partial charge on any atom is -0.308 e. The van der Waals surface area contributed by atoms with Crippen LogP contribution in [0.2, 0.25) is 5.02 Å². The molecule has 0 atom stereocenters. The van der Waals surface area contributed by atoms with Crippen LogP contribution in [-0.4, -0.2) is 28.3 Å². The summed E-state index contributed by atoms with van der Waals surface area (Å²) in [5.74, 6) is -0.960. The van der Waals surface area contributed by atoms with Gasteiger partial charge in [-0.15, -0.1) is 0 Å². The fourth-order valence-electron chi connectivity index (χ4n) is 3.07. The Morgan fingerprint density at radius 1 is 0.933 bits per heavy atom. The van der Waals surface area contributed by atoms with Gasteiger partial charge in [0.25, 0.3) is 11.8 Å². The van der Waals surface area contributed by atoms with E-state index in [0.717, 1.165) is 11.0 Å². The summed E-state index contributed by atoms with van der Waals surface area (Å²) in [6.45, 7) is 5.14. The van der Waals surface area contributed by atoms with Gasteiger partial charge in [-0.25, -0.2) is 4.79 Å². The molecule has 1 heterocycles. The van der Waals surface area contributed by atoms with E-state index in [9.17, 15) is 27.6 Å². The number of carbonyl (C=O) groups is 3. The highest BCUT2D eigenvalue weighted by molar-refractivity contribution is 6.30. The van der Waals surface area contributed by atoms with Crippen LogP contribution >= 0.6 is 11.6 Å². The van der Waals surface area contributed by atoms with Crippen molar-refractivity contribution in [3.8, 4) is 0 Å². The lowest BCUT2D eigenvalue weighted by molar-refractivity contribution is -0.136. The Bertz CT molecular complexity index is 1060. The maximum absolute atomic E-state index is 13.2. The number of nitrogens with one attached hydrogen (secondary N) is 2. The van der Waals surface area contributed by atoms with Crippen molar-refractivity contribution >= 4 is 40.8 Å². The molecule has 0 saturated carbocycles. The molecule has 4 amide bonds. The van der Waals surface area contributed by atoms with Gasteiger partial charge in [-0.3, -0.25) is 14.5 Å². The number of carbonyl (C=O) groups excluding carboxylic acids is 3. The number of rotatable bonds is 2. The molecule has 10 heteroatoms. The Balaban J connectivity index is 1.82. The number of hydrogen-bond acceptors (Lipinski definition) is 3. The Labute approximate surface area is 175 Å². The van der Waals surface area contributed by atoms with E-state index in [2.05, 4.69) is 10.6 Å². The second-order valence-electron chi connectivity index (χ2n) is 7.64. The number of imide groups is 1. The van der Waals surface area contributed by atoms with Crippen LogP contribution in [0.3, 0.4) is 0 Å². The molecule has 30 heavy (non-hydrogen) atoms. The van der Waals surface area contributed by atoms with E-state index in [0.29, 0.717) is 6.07 Å². The maximum atomic E-state index is 13.2. The van der Waals surface area contributed by atoms with Crippen LogP contribution in [0.1, 0.15) is 47.1 Å². The monoisotopic (exact) mass is 439 g/mol. The van der Waals surface area contributed by atoms with E-state index in [-0.39, 0.29) is 21.8 Å². The zero-order valence-corrected chi connectivity index (χ0v) is 16.9. The van der Waals surface area contributed by atoms with Crippen LogP contribution in [0.15, 0.2) is 36.4 Å². The highest BCUT2D eigenvalue weighted by Gasteiger charge is 2.42. The molecule has 0 aromatic heterocycles. The van der Waals surface area contributed by atoms with Gasteiger partial charge in [-0.05, 0) is 57.2 Å². The largest absolute Gasteiger partial charge is 0.418 e. The zero-order valence-electron chi connectivity index (χ0n) is 16.1. The Morgan fingerprint density at radius 2 is 1.57 bits per heavy atom. The van der Waals surface area contributed by atoms with Crippen LogP contribution < -0.4 is 10.6 Å². The predicted octanol–water partition coefficient (Wildman–Crippen LogP) is 5.40. The quantitative estimate of drug-likeness (QED) is 0.615. The van der Waals surface area contributed by atoms with Gasteiger partial charge in [0.05, 0.1) is 22.4 Å². The topological polar surface area (TPSA) is 78.5 Å². The number of halogens is 4. The molecule has 6 nitrogen and oxygen atoms in total. The van der Waals surface area contributed by atoms with Gasteiger partial charge in [0.2, 0.25) is 0 Å². The molecule has 3 rings (SSSR count). The number of alkyl halides is 3. The average Bonchev–Trinajstić information content (AvgIpc) is 2.86. The van der Waals surface area contributed by atoms with E-state index < -0.39 is 40.8 Å². The summed E-state index contributed by atoms with van der Waals surface area (Å²) in [5.41, 5.74) is -1.86. The first-order valence-electron chi connectivity index (χ1n) is 8.77. The molecule has 1 aliphatic heterocycles. The molecule has 2 aromatic rings. The summed E-state index contributed by atoms with van der Waals surface area (Å²) in [6.07, 6.45) is -4.72. The number of urea groups is 1. The number of amides is 4. The summed E-state index contributed by atoms with van der Waals surface area (Å²) in [5, 5.41) is 4.37. The molecule has 2 N–H and O–H groups in total. The van der Waals surface area contributed by atoms with E-state index in [1.807, 2.05) is 0 Å². The van der Waals surface area contributed by atoms with Gasteiger partial charge >= 0.3 is 12.2 Å². The number of nitrogens with zero attached hydrogens (tertiary/aromatic N) is 1. The van der Waals surface area contributed by atoms with Crippen LogP contribution in [-0.2, 0) is 6.18 Å². The average molecular weight is 440 g/mol. The molecule has 0 aliphatic carbocycles. The summed E-state index contributed by atoms with van der Waals surface area (Å²) in [7, 11) is 0. The highest BCUT2D eigenvalue weighted by Crippen LogP contribution is 2.36. The molecule has 1 aliphatic rings.